The van der Waals surface area contributed by atoms with Crippen LogP contribution in [0.2, 0.25) is 0 Å². The molecule has 4 amide bonds. The van der Waals surface area contributed by atoms with Crippen LogP contribution in [-0.4, -0.2) is 61.3 Å². The van der Waals surface area contributed by atoms with Crippen molar-refractivity contribution in [3.05, 3.63) is 24.3 Å². The van der Waals surface area contributed by atoms with Crippen molar-refractivity contribution in [3.8, 4) is 0 Å². The van der Waals surface area contributed by atoms with Crippen LogP contribution in [0.3, 0.4) is 0 Å². The molecule has 0 aromatic carbocycles. The Balaban J connectivity index is 4.14. The van der Waals surface area contributed by atoms with Crippen molar-refractivity contribution in [1.29, 1.82) is 0 Å². The zero-order valence-corrected chi connectivity index (χ0v) is 19.6. The third-order valence-corrected chi connectivity index (χ3v) is 4.66. The molecular formula is C22H37N5O6. The lowest BCUT2D eigenvalue weighted by Crippen LogP contribution is -2.67. The van der Waals surface area contributed by atoms with E-state index in [1.54, 1.807) is 13.8 Å². The van der Waals surface area contributed by atoms with Crippen LogP contribution in [0.25, 0.3) is 0 Å². The van der Waals surface area contributed by atoms with Crippen molar-refractivity contribution in [2.75, 3.05) is 19.6 Å². The van der Waals surface area contributed by atoms with E-state index >= 15 is 0 Å². The van der Waals surface area contributed by atoms with E-state index in [1.807, 2.05) is 0 Å². The summed E-state index contributed by atoms with van der Waals surface area (Å²) in [5, 5.41) is 21.3. The van der Waals surface area contributed by atoms with E-state index < -0.39 is 29.9 Å². The fourth-order valence-electron chi connectivity index (χ4n) is 2.63. The molecule has 0 heterocycles. The van der Waals surface area contributed by atoms with Gasteiger partial charge in [0.2, 0.25) is 17.7 Å². The molecule has 0 spiro atoms. The standard InChI is InChI=1S/C22H37N5O6/c1-14(2)19(29)24-11-7-5-9-16(23)21(31)26-13-18(28)27-17(22(32)33)10-6-8-12-25-20(30)15(3)4/h16-17H,1,3,5-13,23H2,2,4H3,(H,24,29)(H,25,30)(H,26,31)(H,27,28)(H,32,33)/t16-,17-/m0/s1. The monoisotopic (exact) mass is 467 g/mol. The average Bonchev–Trinajstić information content (AvgIpc) is 2.75. The van der Waals surface area contributed by atoms with Gasteiger partial charge in [0.05, 0.1) is 18.6 Å². The highest BCUT2D eigenvalue weighted by atomic mass is 16.4. The highest BCUT2D eigenvalue weighted by Gasteiger charge is 2.19. The van der Waals surface area contributed by atoms with Crippen molar-refractivity contribution in [2.45, 2.75) is 64.5 Å². The van der Waals surface area contributed by atoms with Crippen molar-refractivity contribution < 1.29 is 34.8 Å². The molecule has 0 aliphatic carbocycles. The summed E-state index contributed by atoms with van der Waals surface area (Å²) < 4.78 is 0. The highest BCUT2D eigenvalue weighted by molar-refractivity contribution is 5.92. The van der Waals surface area contributed by atoms with Gasteiger partial charge in [-0.15, -0.1) is 0 Å². The second-order valence-electron chi connectivity index (χ2n) is 7.92. The molecule has 0 fully saturated rings. The summed E-state index contributed by atoms with van der Waals surface area (Å²) in [5.41, 5.74) is 4.57. The number of carbonyl (C=O) groups is 5. The van der Waals surface area contributed by atoms with Crippen LogP contribution in [-0.2, 0) is 24.0 Å². The first kappa shape index (κ1) is 29.8. The lowest BCUT2D eigenvalue weighted by molar-refractivity contribution is -0.405. The lowest BCUT2D eigenvalue weighted by Gasteiger charge is -2.20. The predicted octanol–water partition coefficient (Wildman–Crippen LogP) is -2.33. The predicted molar refractivity (Wildman–Crippen MR) is 120 cm³/mol. The van der Waals surface area contributed by atoms with Crippen LogP contribution < -0.4 is 32.1 Å². The second-order valence-corrected chi connectivity index (χ2v) is 7.92. The molecule has 33 heavy (non-hydrogen) atoms. The molecule has 0 unspecified atom stereocenters. The minimum absolute atomic E-state index is 0.130. The Hall–Kier alpha value is -3.21. The average molecular weight is 468 g/mol. The number of amides is 4. The third kappa shape index (κ3) is 14.5. The molecule has 0 bridgehead atoms. The Kier molecular flexibility index (Phi) is 14.8. The van der Waals surface area contributed by atoms with Crippen LogP contribution in [0, 0.1) is 0 Å². The fourth-order valence-corrected chi connectivity index (χ4v) is 2.63. The summed E-state index contributed by atoms with van der Waals surface area (Å²) in [7, 11) is 0. The summed E-state index contributed by atoms with van der Waals surface area (Å²) in [6, 6.07) is -1.78. The summed E-state index contributed by atoms with van der Waals surface area (Å²) in [6.07, 6.45) is 2.89. The SMILES string of the molecule is C=C(C)C(=O)NCCCC[C@H](NC(=O)CNC(=O)[C@@H]([NH3+])CCCCNC(=O)C(=C)C)C(=O)[O-]. The van der Waals surface area contributed by atoms with E-state index in [0.29, 0.717) is 56.3 Å². The van der Waals surface area contributed by atoms with E-state index in [4.69, 9.17) is 0 Å². The van der Waals surface area contributed by atoms with Gasteiger partial charge in [-0.3, -0.25) is 19.2 Å². The quantitative estimate of drug-likeness (QED) is 0.118. The maximum Gasteiger partial charge on any atom is 0.278 e. The molecule has 0 saturated heterocycles. The van der Waals surface area contributed by atoms with Gasteiger partial charge in [-0.05, 0) is 46.0 Å². The second kappa shape index (κ2) is 16.4. The number of unbranched alkanes of at least 4 members (excludes halogenated alkanes) is 2. The van der Waals surface area contributed by atoms with Crippen molar-refractivity contribution >= 4 is 29.6 Å². The molecule has 7 N–H and O–H groups in total. The van der Waals surface area contributed by atoms with E-state index in [0.717, 1.165) is 0 Å². The van der Waals surface area contributed by atoms with E-state index in [-0.39, 0.29) is 24.8 Å². The largest absolute Gasteiger partial charge is 0.548 e. The molecule has 0 radical (unpaired) electrons. The fraction of sp³-hybridized carbons (Fsp3) is 0.591. The number of nitrogens with one attached hydrogen (secondary N) is 4. The third-order valence-electron chi connectivity index (χ3n) is 4.66. The number of rotatable bonds is 17. The molecule has 11 nitrogen and oxygen atoms in total. The van der Waals surface area contributed by atoms with Crippen molar-refractivity contribution in [3.63, 3.8) is 0 Å². The molecule has 0 aromatic heterocycles. The van der Waals surface area contributed by atoms with Crippen LogP contribution >= 0.6 is 0 Å². The Morgan fingerprint density at radius 2 is 1.30 bits per heavy atom. The zero-order chi connectivity index (χ0) is 25.4. The summed E-state index contributed by atoms with van der Waals surface area (Å²) >= 11 is 0. The van der Waals surface area contributed by atoms with Gasteiger partial charge in [0.1, 0.15) is 0 Å². The highest BCUT2D eigenvalue weighted by Crippen LogP contribution is 2.01. The van der Waals surface area contributed by atoms with Gasteiger partial charge in [0.15, 0.2) is 6.04 Å². The van der Waals surface area contributed by atoms with Crippen LogP contribution in [0.5, 0.6) is 0 Å². The number of hydrogen-bond acceptors (Lipinski definition) is 6. The normalized spacial score (nSPS) is 12.1. The van der Waals surface area contributed by atoms with Crippen LogP contribution in [0.1, 0.15) is 52.4 Å². The molecule has 0 aliphatic heterocycles. The van der Waals surface area contributed by atoms with Crippen molar-refractivity contribution in [1.82, 2.24) is 21.3 Å². The van der Waals surface area contributed by atoms with Gasteiger partial charge in [-0.1, -0.05) is 13.2 Å². The van der Waals surface area contributed by atoms with Gasteiger partial charge in [0.25, 0.3) is 5.91 Å². The topological polar surface area (TPSA) is 184 Å². The van der Waals surface area contributed by atoms with Gasteiger partial charge >= 0.3 is 0 Å². The number of carboxylic acids is 1. The molecule has 11 heteroatoms. The number of quaternary nitrogens is 1. The molecule has 186 valence electrons. The first-order valence-electron chi connectivity index (χ1n) is 10.9. The van der Waals surface area contributed by atoms with Gasteiger partial charge in [-0.25, -0.2) is 0 Å². The molecular weight excluding hydrogens is 430 g/mol. The molecule has 0 aliphatic rings. The molecule has 0 rings (SSSR count). The maximum absolute atomic E-state index is 12.1. The van der Waals surface area contributed by atoms with Gasteiger partial charge < -0.3 is 36.9 Å². The smallest absolute Gasteiger partial charge is 0.278 e. The van der Waals surface area contributed by atoms with Crippen LogP contribution in [0.15, 0.2) is 24.3 Å². The minimum Gasteiger partial charge on any atom is -0.548 e. The van der Waals surface area contributed by atoms with Gasteiger partial charge in [0, 0.05) is 30.7 Å². The molecule has 2 atom stereocenters. The minimum atomic E-state index is -1.42. The maximum atomic E-state index is 12.1. The number of hydrogen-bond donors (Lipinski definition) is 5. The van der Waals surface area contributed by atoms with E-state index in [9.17, 15) is 29.1 Å². The van der Waals surface area contributed by atoms with E-state index in [2.05, 4.69) is 40.2 Å². The van der Waals surface area contributed by atoms with Gasteiger partial charge in [-0.2, -0.15) is 0 Å². The number of carboxylic acid groups (broad SMARTS) is 1. The summed E-state index contributed by atoms with van der Waals surface area (Å²) in [4.78, 5) is 58.1. The lowest BCUT2D eigenvalue weighted by atomic mass is 10.1. The number of carbonyl (C=O) groups excluding carboxylic acids is 5. The Morgan fingerprint density at radius 3 is 1.76 bits per heavy atom. The van der Waals surface area contributed by atoms with E-state index in [1.165, 1.54) is 0 Å². The molecule has 0 saturated carbocycles. The number of aliphatic carboxylic acids is 1. The molecule has 0 aromatic rings. The Bertz CT molecular complexity index is 737. The van der Waals surface area contributed by atoms with Crippen molar-refractivity contribution in [2.24, 2.45) is 0 Å². The summed E-state index contributed by atoms with van der Waals surface area (Å²) in [5.74, 6) is -2.98. The Morgan fingerprint density at radius 1 is 0.818 bits per heavy atom. The van der Waals surface area contributed by atoms with Crippen LogP contribution in [0.4, 0.5) is 0 Å². The summed E-state index contributed by atoms with van der Waals surface area (Å²) in [6.45, 7) is 10.7. The first-order chi connectivity index (χ1) is 15.5. The Labute approximate surface area is 194 Å². The first-order valence-corrected chi connectivity index (χ1v) is 10.9. The zero-order valence-electron chi connectivity index (χ0n) is 19.6.